The van der Waals surface area contributed by atoms with Gasteiger partial charge in [-0.15, -0.1) is 0 Å². The normalized spacial score (nSPS) is 12.8. The third-order valence-corrected chi connectivity index (χ3v) is 2.89. The number of nitrogens with one attached hydrogen (secondary N) is 1. The molecule has 1 aromatic carbocycles. The zero-order chi connectivity index (χ0) is 15.9. The van der Waals surface area contributed by atoms with E-state index in [-0.39, 0.29) is 30.9 Å². The summed E-state index contributed by atoms with van der Waals surface area (Å²) in [5.41, 5.74) is 6.33. The molecule has 21 heavy (non-hydrogen) atoms. The number of benzene rings is 1. The number of hydrogen-bond donors (Lipinski definition) is 3. The summed E-state index contributed by atoms with van der Waals surface area (Å²) >= 11 is 0. The van der Waals surface area contributed by atoms with Gasteiger partial charge >= 0.3 is 0 Å². The molecule has 118 valence electrons. The van der Waals surface area contributed by atoms with Crippen LogP contribution >= 0.6 is 0 Å². The molecule has 5 nitrogen and oxygen atoms in total. The monoisotopic (exact) mass is 294 g/mol. The highest BCUT2D eigenvalue weighted by Crippen LogP contribution is 2.20. The third kappa shape index (κ3) is 7.56. The summed E-state index contributed by atoms with van der Waals surface area (Å²) in [7, 11) is 0. The van der Waals surface area contributed by atoms with Crippen LogP contribution in [0.4, 0.5) is 5.69 Å². The number of rotatable bonds is 7. The lowest BCUT2D eigenvalue weighted by molar-refractivity contribution is -0.122. The molecule has 0 fully saturated rings. The fourth-order valence-electron chi connectivity index (χ4n) is 1.96. The van der Waals surface area contributed by atoms with Crippen molar-refractivity contribution in [2.75, 3.05) is 18.9 Å². The van der Waals surface area contributed by atoms with Crippen LogP contribution in [0.1, 0.15) is 33.6 Å². The van der Waals surface area contributed by atoms with E-state index in [1.807, 2.05) is 12.1 Å². The minimum absolute atomic E-state index is 0.0398. The Morgan fingerprint density at radius 3 is 2.67 bits per heavy atom. The van der Waals surface area contributed by atoms with Gasteiger partial charge < -0.3 is 20.9 Å². The van der Waals surface area contributed by atoms with Crippen molar-refractivity contribution in [1.82, 2.24) is 5.32 Å². The Balaban J connectivity index is 2.21. The van der Waals surface area contributed by atoms with Crippen LogP contribution in [0.3, 0.4) is 0 Å². The van der Waals surface area contributed by atoms with Crippen LogP contribution < -0.4 is 15.8 Å². The highest BCUT2D eigenvalue weighted by molar-refractivity contribution is 5.76. The first kappa shape index (κ1) is 17.3. The number of aliphatic hydroxyl groups is 1. The second-order valence-corrected chi connectivity index (χ2v) is 6.36. The largest absolute Gasteiger partial charge is 0.491 e. The summed E-state index contributed by atoms with van der Waals surface area (Å²) in [6.07, 6.45) is 0.348. The SMILES string of the molecule is CC(C)(C)CC(O)CNC(=O)CCOc1ccccc1N. The number of anilines is 1. The van der Waals surface area contributed by atoms with Crippen LogP contribution in [-0.4, -0.2) is 30.3 Å². The van der Waals surface area contributed by atoms with E-state index < -0.39 is 6.10 Å². The summed E-state index contributed by atoms with van der Waals surface area (Å²) in [5.74, 6) is 0.440. The molecule has 0 aliphatic heterocycles. The molecular formula is C16H26N2O3. The highest BCUT2D eigenvalue weighted by Gasteiger charge is 2.17. The van der Waals surface area contributed by atoms with Gasteiger partial charge in [-0.05, 0) is 24.0 Å². The fraction of sp³-hybridized carbons (Fsp3) is 0.562. The van der Waals surface area contributed by atoms with E-state index in [0.29, 0.717) is 17.9 Å². The summed E-state index contributed by atoms with van der Waals surface area (Å²) in [6, 6.07) is 7.17. The summed E-state index contributed by atoms with van der Waals surface area (Å²) in [5, 5.41) is 12.5. The predicted octanol–water partition coefficient (Wildman–Crippen LogP) is 1.95. The lowest BCUT2D eigenvalue weighted by atomic mass is 9.89. The first-order chi connectivity index (χ1) is 9.78. The summed E-state index contributed by atoms with van der Waals surface area (Å²) in [6.45, 7) is 6.68. The Labute approximate surface area is 126 Å². The molecule has 0 aliphatic rings. The second kappa shape index (κ2) is 7.88. The number of para-hydroxylation sites is 2. The number of carbonyl (C=O) groups excluding carboxylic acids is 1. The number of carbonyl (C=O) groups is 1. The quantitative estimate of drug-likeness (QED) is 0.671. The van der Waals surface area contributed by atoms with E-state index in [1.165, 1.54) is 0 Å². The lowest BCUT2D eigenvalue weighted by Crippen LogP contribution is -2.34. The van der Waals surface area contributed by atoms with Crippen molar-refractivity contribution in [3.63, 3.8) is 0 Å². The number of nitrogens with two attached hydrogens (primary N) is 1. The molecule has 4 N–H and O–H groups in total. The molecule has 0 radical (unpaired) electrons. The van der Waals surface area contributed by atoms with Crippen molar-refractivity contribution < 1.29 is 14.6 Å². The van der Waals surface area contributed by atoms with Gasteiger partial charge in [-0.3, -0.25) is 4.79 Å². The standard InChI is InChI=1S/C16H26N2O3/c1-16(2,3)10-12(19)11-18-15(20)8-9-21-14-7-5-4-6-13(14)17/h4-7,12,19H,8-11,17H2,1-3H3,(H,18,20). The van der Waals surface area contributed by atoms with Crippen LogP contribution in [0.2, 0.25) is 0 Å². The molecule has 0 spiro atoms. The maximum absolute atomic E-state index is 11.7. The van der Waals surface area contributed by atoms with E-state index in [1.54, 1.807) is 12.1 Å². The van der Waals surface area contributed by atoms with Crippen LogP contribution in [-0.2, 0) is 4.79 Å². The first-order valence-corrected chi connectivity index (χ1v) is 7.20. The molecular weight excluding hydrogens is 268 g/mol. The van der Waals surface area contributed by atoms with Crippen molar-refractivity contribution in [3.8, 4) is 5.75 Å². The van der Waals surface area contributed by atoms with Crippen molar-refractivity contribution >= 4 is 11.6 Å². The molecule has 1 unspecified atom stereocenters. The van der Waals surface area contributed by atoms with E-state index in [9.17, 15) is 9.90 Å². The van der Waals surface area contributed by atoms with Gasteiger partial charge in [0.2, 0.25) is 5.91 Å². The zero-order valence-electron chi connectivity index (χ0n) is 13.1. The van der Waals surface area contributed by atoms with Gasteiger partial charge in [0, 0.05) is 6.54 Å². The minimum Gasteiger partial charge on any atom is -0.491 e. The van der Waals surface area contributed by atoms with Crippen LogP contribution in [0.15, 0.2) is 24.3 Å². The maximum Gasteiger partial charge on any atom is 0.223 e. The maximum atomic E-state index is 11.7. The topological polar surface area (TPSA) is 84.6 Å². The average molecular weight is 294 g/mol. The van der Waals surface area contributed by atoms with Crippen molar-refractivity contribution in [2.45, 2.75) is 39.7 Å². The van der Waals surface area contributed by atoms with Gasteiger partial charge in [0.25, 0.3) is 0 Å². The van der Waals surface area contributed by atoms with Crippen LogP contribution in [0.25, 0.3) is 0 Å². The van der Waals surface area contributed by atoms with Crippen LogP contribution in [0, 0.1) is 5.41 Å². The second-order valence-electron chi connectivity index (χ2n) is 6.36. The molecule has 0 heterocycles. The third-order valence-electron chi connectivity index (χ3n) is 2.89. The number of nitrogen functional groups attached to an aromatic ring is 1. The predicted molar refractivity (Wildman–Crippen MR) is 84.1 cm³/mol. The van der Waals surface area contributed by atoms with Gasteiger partial charge in [0.1, 0.15) is 5.75 Å². The molecule has 1 rings (SSSR count). The molecule has 5 heteroatoms. The van der Waals surface area contributed by atoms with E-state index in [0.717, 1.165) is 0 Å². The summed E-state index contributed by atoms with van der Waals surface area (Å²) < 4.78 is 5.45. The van der Waals surface area contributed by atoms with E-state index >= 15 is 0 Å². The molecule has 0 saturated heterocycles. The highest BCUT2D eigenvalue weighted by atomic mass is 16.5. The van der Waals surface area contributed by atoms with Gasteiger partial charge in [0.05, 0.1) is 24.8 Å². The van der Waals surface area contributed by atoms with E-state index in [4.69, 9.17) is 10.5 Å². The molecule has 0 bridgehead atoms. The number of amides is 1. The van der Waals surface area contributed by atoms with Gasteiger partial charge in [0.15, 0.2) is 0 Å². The minimum atomic E-state index is -0.528. The fourth-order valence-corrected chi connectivity index (χ4v) is 1.96. The Bertz CT molecular complexity index is 455. The molecule has 0 saturated carbocycles. The first-order valence-electron chi connectivity index (χ1n) is 7.20. The average Bonchev–Trinajstić information content (AvgIpc) is 2.37. The molecule has 0 aliphatic carbocycles. The molecule has 1 amide bonds. The Morgan fingerprint density at radius 1 is 1.38 bits per heavy atom. The molecule has 0 aromatic heterocycles. The smallest absolute Gasteiger partial charge is 0.223 e. The Hall–Kier alpha value is -1.75. The van der Waals surface area contributed by atoms with Crippen LogP contribution in [0.5, 0.6) is 5.75 Å². The number of ether oxygens (including phenoxy) is 1. The number of hydrogen-bond acceptors (Lipinski definition) is 4. The molecule has 1 aromatic rings. The van der Waals surface area contributed by atoms with Crippen molar-refractivity contribution in [2.24, 2.45) is 5.41 Å². The zero-order valence-corrected chi connectivity index (χ0v) is 13.1. The number of aliphatic hydroxyl groups excluding tert-OH is 1. The van der Waals surface area contributed by atoms with E-state index in [2.05, 4.69) is 26.1 Å². The molecule has 1 atom stereocenters. The van der Waals surface area contributed by atoms with Crippen molar-refractivity contribution in [1.29, 1.82) is 0 Å². The van der Waals surface area contributed by atoms with Crippen molar-refractivity contribution in [3.05, 3.63) is 24.3 Å². The van der Waals surface area contributed by atoms with Gasteiger partial charge in [-0.2, -0.15) is 0 Å². The lowest BCUT2D eigenvalue weighted by Gasteiger charge is -2.22. The summed E-state index contributed by atoms with van der Waals surface area (Å²) in [4.78, 5) is 11.7. The van der Waals surface area contributed by atoms with Gasteiger partial charge in [-0.1, -0.05) is 32.9 Å². The van der Waals surface area contributed by atoms with Gasteiger partial charge in [-0.25, -0.2) is 0 Å². The Morgan fingerprint density at radius 2 is 2.05 bits per heavy atom. The Kier molecular flexibility index (Phi) is 6.49.